The van der Waals surface area contributed by atoms with Crippen LogP contribution in [0.25, 0.3) is 0 Å². The predicted molar refractivity (Wildman–Crippen MR) is 99.6 cm³/mol. The van der Waals surface area contributed by atoms with Gasteiger partial charge < -0.3 is 0 Å². The first-order valence-corrected chi connectivity index (χ1v) is 10.1. The number of piperidine rings is 1. The molecule has 3 rings (SSSR count). The van der Waals surface area contributed by atoms with Crippen molar-refractivity contribution in [1.29, 1.82) is 0 Å². The Kier molecular flexibility index (Phi) is 5.70. The summed E-state index contributed by atoms with van der Waals surface area (Å²) in [5.41, 5.74) is 2.82. The van der Waals surface area contributed by atoms with Crippen LogP contribution in [-0.2, 0) is 16.6 Å². The summed E-state index contributed by atoms with van der Waals surface area (Å²) >= 11 is 0. The van der Waals surface area contributed by atoms with Crippen LogP contribution in [0.1, 0.15) is 35.7 Å². The van der Waals surface area contributed by atoms with E-state index in [-0.39, 0.29) is 11.7 Å². The van der Waals surface area contributed by atoms with Gasteiger partial charge in [0.15, 0.2) is 0 Å². The Hall–Kier alpha value is -1.83. The van der Waals surface area contributed by atoms with E-state index in [4.69, 9.17) is 4.98 Å². The lowest BCUT2D eigenvalue weighted by atomic mass is 9.95. The Labute approximate surface area is 154 Å². The highest BCUT2D eigenvalue weighted by Crippen LogP contribution is 2.28. The molecule has 1 saturated heterocycles. The van der Waals surface area contributed by atoms with E-state index in [0.29, 0.717) is 19.5 Å². The zero-order chi connectivity index (χ0) is 18.7. The van der Waals surface area contributed by atoms with Gasteiger partial charge >= 0.3 is 0 Å². The average Bonchev–Trinajstić information content (AvgIpc) is 2.64. The number of benzene rings is 1. The maximum Gasteiger partial charge on any atom is 0.281 e. The van der Waals surface area contributed by atoms with Gasteiger partial charge in [-0.3, -0.25) is 4.98 Å². The topological polar surface area (TPSA) is 53.5 Å². The number of rotatable bonds is 5. The summed E-state index contributed by atoms with van der Waals surface area (Å²) in [4.78, 5) is 4.75. The molecule has 1 aliphatic heterocycles. The van der Waals surface area contributed by atoms with Crippen LogP contribution < -0.4 is 0 Å². The molecule has 1 aromatic carbocycles. The molecule has 5 nitrogen and oxygen atoms in total. The third-order valence-electron chi connectivity index (χ3n) is 4.72. The fraction of sp³-hybridized carbons (Fsp3) is 0.421. The van der Waals surface area contributed by atoms with Gasteiger partial charge in [-0.1, -0.05) is 18.2 Å². The molecule has 7 heteroatoms. The van der Waals surface area contributed by atoms with Gasteiger partial charge in [0, 0.05) is 50.9 Å². The summed E-state index contributed by atoms with van der Waals surface area (Å²) in [6, 6.07) is 12.3. The van der Waals surface area contributed by atoms with Gasteiger partial charge in [0.1, 0.15) is 5.82 Å². The Bertz CT molecular complexity index is 853. The number of hydrogen-bond donors (Lipinski definition) is 0. The first-order chi connectivity index (χ1) is 12.4. The second-order valence-electron chi connectivity index (χ2n) is 6.84. The summed E-state index contributed by atoms with van der Waals surface area (Å²) in [6.45, 7) is 1.000. The number of halogens is 1. The molecule has 0 radical (unpaired) electrons. The van der Waals surface area contributed by atoms with Gasteiger partial charge in [0.2, 0.25) is 0 Å². The molecule has 140 valence electrons. The lowest BCUT2D eigenvalue weighted by Gasteiger charge is -2.33. The highest BCUT2D eigenvalue weighted by atomic mass is 32.2. The first kappa shape index (κ1) is 18.9. The summed E-state index contributed by atoms with van der Waals surface area (Å²) in [5.74, 6) is -0.161. The standard InChI is InChI=1S/C19H24FN3O2S/c1-22(2)26(24,25)23-12-4-5-16(14-23)19-7-3-6-18(21-19)13-15-8-10-17(20)11-9-15/h3,6-11,16H,4-5,12-14H2,1-2H3/t16-/m1/s1. The molecule has 1 aromatic heterocycles. The third-order valence-corrected chi connectivity index (χ3v) is 6.62. The van der Waals surface area contributed by atoms with Gasteiger partial charge in [-0.05, 0) is 42.7 Å². The van der Waals surface area contributed by atoms with Crippen molar-refractivity contribution >= 4 is 10.2 Å². The van der Waals surface area contributed by atoms with Crippen molar-refractivity contribution in [3.63, 3.8) is 0 Å². The van der Waals surface area contributed by atoms with Crippen LogP contribution in [0.15, 0.2) is 42.5 Å². The second kappa shape index (κ2) is 7.82. The van der Waals surface area contributed by atoms with Crippen molar-refractivity contribution in [1.82, 2.24) is 13.6 Å². The Morgan fingerprint density at radius 1 is 1.19 bits per heavy atom. The Balaban J connectivity index is 1.76. The lowest BCUT2D eigenvalue weighted by molar-refractivity contribution is 0.296. The van der Waals surface area contributed by atoms with E-state index in [1.807, 2.05) is 18.2 Å². The van der Waals surface area contributed by atoms with Crippen molar-refractivity contribution in [3.05, 3.63) is 65.2 Å². The molecule has 0 bridgehead atoms. The quantitative estimate of drug-likeness (QED) is 0.805. The summed E-state index contributed by atoms with van der Waals surface area (Å²) in [6.07, 6.45) is 2.37. The van der Waals surface area contributed by atoms with E-state index in [9.17, 15) is 12.8 Å². The number of nitrogens with zero attached hydrogens (tertiary/aromatic N) is 3. The van der Waals surface area contributed by atoms with Crippen LogP contribution in [0.5, 0.6) is 0 Å². The van der Waals surface area contributed by atoms with Gasteiger partial charge in [0.25, 0.3) is 10.2 Å². The zero-order valence-electron chi connectivity index (χ0n) is 15.1. The minimum Gasteiger partial charge on any atom is -0.257 e. The first-order valence-electron chi connectivity index (χ1n) is 8.74. The molecular weight excluding hydrogens is 353 g/mol. The average molecular weight is 377 g/mol. The number of pyridine rings is 1. The molecular formula is C19H24FN3O2S. The highest BCUT2D eigenvalue weighted by Gasteiger charge is 2.31. The largest absolute Gasteiger partial charge is 0.281 e. The van der Waals surface area contributed by atoms with Crippen LogP contribution in [0.3, 0.4) is 0 Å². The maximum absolute atomic E-state index is 13.0. The van der Waals surface area contributed by atoms with Crippen molar-refractivity contribution in [2.24, 2.45) is 0 Å². The second-order valence-corrected chi connectivity index (χ2v) is 8.99. The minimum absolute atomic E-state index is 0.0895. The monoisotopic (exact) mass is 377 g/mol. The van der Waals surface area contributed by atoms with Gasteiger partial charge in [-0.2, -0.15) is 17.0 Å². The summed E-state index contributed by atoms with van der Waals surface area (Å²) in [7, 11) is -0.288. The van der Waals surface area contributed by atoms with Gasteiger partial charge in [-0.15, -0.1) is 0 Å². The molecule has 0 aliphatic carbocycles. The van der Waals surface area contributed by atoms with Gasteiger partial charge in [-0.25, -0.2) is 4.39 Å². The van der Waals surface area contributed by atoms with Gasteiger partial charge in [0.05, 0.1) is 0 Å². The fourth-order valence-corrected chi connectivity index (χ4v) is 4.45. The highest BCUT2D eigenvalue weighted by molar-refractivity contribution is 7.86. The van der Waals surface area contributed by atoms with Crippen LogP contribution in [-0.4, -0.2) is 49.2 Å². The van der Waals surface area contributed by atoms with Crippen LogP contribution >= 0.6 is 0 Å². The van der Waals surface area contributed by atoms with E-state index in [1.54, 1.807) is 26.2 Å². The molecule has 0 unspecified atom stereocenters. The van der Waals surface area contributed by atoms with E-state index in [1.165, 1.54) is 20.7 Å². The number of hydrogen-bond acceptors (Lipinski definition) is 3. The summed E-state index contributed by atoms with van der Waals surface area (Å²) in [5, 5.41) is 0. The van der Waals surface area contributed by atoms with Crippen molar-refractivity contribution in [3.8, 4) is 0 Å². The third kappa shape index (κ3) is 4.28. The smallest absolute Gasteiger partial charge is 0.257 e. The van der Waals surface area contributed by atoms with Crippen LogP contribution in [0, 0.1) is 5.82 Å². The SMILES string of the molecule is CN(C)S(=O)(=O)N1CCC[C@@H](c2cccc(Cc3ccc(F)cc3)n2)C1. The molecule has 0 amide bonds. The molecule has 0 N–H and O–H groups in total. The van der Waals surface area contributed by atoms with E-state index < -0.39 is 10.2 Å². The van der Waals surface area contributed by atoms with Crippen LogP contribution in [0.4, 0.5) is 4.39 Å². The molecule has 2 heterocycles. The molecule has 0 saturated carbocycles. The van der Waals surface area contributed by atoms with Crippen LogP contribution in [0.2, 0.25) is 0 Å². The number of aromatic nitrogens is 1. The molecule has 1 aliphatic rings. The maximum atomic E-state index is 13.0. The van der Waals surface area contributed by atoms with E-state index in [0.717, 1.165) is 29.8 Å². The molecule has 1 atom stereocenters. The molecule has 26 heavy (non-hydrogen) atoms. The molecule has 0 spiro atoms. The van der Waals surface area contributed by atoms with E-state index in [2.05, 4.69) is 0 Å². The summed E-state index contributed by atoms with van der Waals surface area (Å²) < 4.78 is 40.6. The van der Waals surface area contributed by atoms with E-state index >= 15 is 0 Å². The van der Waals surface area contributed by atoms with Crippen molar-refractivity contribution in [2.45, 2.75) is 25.2 Å². The predicted octanol–water partition coefficient (Wildman–Crippen LogP) is 2.80. The Morgan fingerprint density at radius 3 is 2.62 bits per heavy atom. The lowest BCUT2D eigenvalue weighted by Crippen LogP contribution is -2.45. The van der Waals surface area contributed by atoms with Crippen molar-refractivity contribution in [2.75, 3.05) is 27.2 Å². The molecule has 1 fully saturated rings. The molecule has 2 aromatic rings. The zero-order valence-corrected chi connectivity index (χ0v) is 15.9. The minimum atomic E-state index is -3.40. The Morgan fingerprint density at radius 2 is 1.92 bits per heavy atom. The fourth-order valence-electron chi connectivity index (χ4n) is 3.26. The normalized spacial score (nSPS) is 19.0. The van der Waals surface area contributed by atoms with Crippen molar-refractivity contribution < 1.29 is 12.8 Å².